The quantitative estimate of drug-likeness (QED) is 0.659. The summed E-state index contributed by atoms with van der Waals surface area (Å²) in [5.41, 5.74) is 2.25. The molecule has 0 aliphatic rings. The number of aryl methyl sites for hydroxylation is 2. The van der Waals surface area contributed by atoms with Crippen LogP contribution in [0.4, 0.5) is 0 Å². The summed E-state index contributed by atoms with van der Waals surface area (Å²) >= 11 is 0. The van der Waals surface area contributed by atoms with Crippen LogP contribution in [-0.2, 0) is 13.1 Å². The molecular weight excluding hydrogens is 178 g/mol. The second kappa shape index (κ2) is 5.78. The van der Waals surface area contributed by atoms with Gasteiger partial charge in [0.1, 0.15) is 0 Å². The van der Waals surface area contributed by atoms with Crippen LogP contribution < -0.4 is 5.32 Å². The van der Waals surface area contributed by atoms with Gasteiger partial charge in [0.25, 0.3) is 0 Å². The predicted octanol–water partition coefficient (Wildman–Crippen LogP) is 0.683. The maximum absolute atomic E-state index is 8.64. The van der Waals surface area contributed by atoms with E-state index in [1.165, 1.54) is 5.69 Å². The minimum atomic E-state index is 0.181. The van der Waals surface area contributed by atoms with E-state index in [1.807, 2.05) is 11.6 Å². The SMILES string of the molecule is CCCn1nc(C)cc1CNCCO. The lowest BCUT2D eigenvalue weighted by Gasteiger charge is -2.06. The molecule has 14 heavy (non-hydrogen) atoms. The van der Waals surface area contributed by atoms with Crippen molar-refractivity contribution in [3.05, 3.63) is 17.5 Å². The summed E-state index contributed by atoms with van der Waals surface area (Å²) in [6.07, 6.45) is 1.09. The fraction of sp³-hybridized carbons (Fsp3) is 0.700. The number of nitrogens with zero attached hydrogens (tertiary/aromatic N) is 2. The highest BCUT2D eigenvalue weighted by Crippen LogP contribution is 2.04. The Labute approximate surface area is 84.9 Å². The molecule has 4 heteroatoms. The first-order chi connectivity index (χ1) is 6.77. The Kier molecular flexibility index (Phi) is 4.62. The monoisotopic (exact) mass is 197 g/mol. The van der Waals surface area contributed by atoms with Gasteiger partial charge in [0, 0.05) is 19.6 Å². The van der Waals surface area contributed by atoms with E-state index in [0.29, 0.717) is 6.54 Å². The van der Waals surface area contributed by atoms with Crippen molar-refractivity contribution >= 4 is 0 Å². The molecule has 0 radical (unpaired) electrons. The molecule has 0 amide bonds. The minimum absolute atomic E-state index is 0.181. The molecule has 0 saturated carbocycles. The molecule has 0 spiro atoms. The third kappa shape index (κ3) is 3.12. The maximum Gasteiger partial charge on any atom is 0.0597 e. The van der Waals surface area contributed by atoms with E-state index in [1.54, 1.807) is 0 Å². The number of nitrogens with one attached hydrogen (secondary N) is 1. The Bertz CT molecular complexity index is 270. The van der Waals surface area contributed by atoms with E-state index < -0.39 is 0 Å². The zero-order valence-electron chi connectivity index (χ0n) is 8.95. The summed E-state index contributed by atoms with van der Waals surface area (Å²) < 4.78 is 2.03. The lowest BCUT2D eigenvalue weighted by Crippen LogP contribution is -2.20. The summed E-state index contributed by atoms with van der Waals surface area (Å²) in [5, 5.41) is 16.2. The number of aromatic nitrogens is 2. The molecular formula is C10H19N3O. The topological polar surface area (TPSA) is 50.1 Å². The van der Waals surface area contributed by atoms with Crippen LogP contribution in [0.3, 0.4) is 0 Å². The van der Waals surface area contributed by atoms with Gasteiger partial charge in [0.05, 0.1) is 18.0 Å². The predicted molar refractivity (Wildman–Crippen MR) is 56.0 cm³/mol. The highest BCUT2D eigenvalue weighted by Gasteiger charge is 2.03. The van der Waals surface area contributed by atoms with Crippen LogP contribution in [0.5, 0.6) is 0 Å². The minimum Gasteiger partial charge on any atom is -0.395 e. The van der Waals surface area contributed by atoms with Gasteiger partial charge in [0.15, 0.2) is 0 Å². The van der Waals surface area contributed by atoms with Crippen molar-refractivity contribution in [3.8, 4) is 0 Å². The maximum atomic E-state index is 8.64. The largest absolute Gasteiger partial charge is 0.395 e. The van der Waals surface area contributed by atoms with Gasteiger partial charge >= 0.3 is 0 Å². The summed E-state index contributed by atoms with van der Waals surface area (Å²) in [6, 6.07) is 2.08. The van der Waals surface area contributed by atoms with E-state index in [4.69, 9.17) is 5.11 Å². The number of hydrogen-bond donors (Lipinski definition) is 2. The highest BCUT2D eigenvalue weighted by atomic mass is 16.3. The van der Waals surface area contributed by atoms with Crippen LogP contribution in [0, 0.1) is 6.92 Å². The molecule has 1 rings (SSSR count). The van der Waals surface area contributed by atoms with Crippen molar-refractivity contribution in [1.29, 1.82) is 0 Å². The molecule has 0 aromatic carbocycles. The van der Waals surface area contributed by atoms with Crippen LogP contribution >= 0.6 is 0 Å². The molecule has 1 aromatic heterocycles. The van der Waals surface area contributed by atoms with Crippen molar-refractivity contribution in [2.24, 2.45) is 0 Å². The summed E-state index contributed by atoms with van der Waals surface area (Å²) in [4.78, 5) is 0. The Morgan fingerprint density at radius 3 is 3.00 bits per heavy atom. The lowest BCUT2D eigenvalue weighted by molar-refractivity contribution is 0.291. The van der Waals surface area contributed by atoms with Crippen molar-refractivity contribution < 1.29 is 5.11 Å². The van der Waals surface area contributed by atoms with Crippen molar-refractivity contribution in [1.82, 2.24) is 15.1 Å². The Hall–Kier alpha value is -0.870. The first-order valence-electron chi connectivity index (χ1n) is 5.12. The van der Waals surface area contributed by atoms with Crippen LogP contribution in [0.2, 0.25) is 0 Å². The van der Waals surface area contributed by atoms with Crippen molar-refractivity contribution in [2.75, 3.05) is 13.2 Å². The van der Waals surface area contributed by atoms with Gasteiger partial charge < -0.3 is 10.4 Å². The van der Waals surface area contributed by atoms with Gasteiger partial charge in [-0.1, -0.05) is 6.92 Å². The van der Waals surface area contributed by atoms with Crippen LogP contribution in [-0.4, -0.2) is 28.0 Å². The van der Waals surface area contributed by atoms with Crippen molar-refractivity contribution in [2.45, 2.75) is 33.4 Å². The van der Waals surface area contributed by atoms with E-state index in [2.05, 4.69) is 23.4 Å². The zero-order chi connectivity index (χ0) is 10.4. The van der Waals surface area contributed by atoms with E-state index in [9.17, 15) is 0 Å². The molecule has 4 nitrogen and oxygen atoms in total. The van der Waals surface area contributed by atoms with Gasteiger partial charge in [-0.25, -0.2) is 0 Å². The highest BCUT2D eigenvalue weighted by molar-refractivity contribution is 5.08. The van der Waals surface area contributed by atoms with E-state index in [0.717, 1.165) is 25.2 Å². The molecule has 80 valence electrons. The van der Waals surface area contributed by atoms with Crippen LogP contribution in [0.15, 0.2) is 6.07 Å². The molecule has 0 atom stereocenters. The van der Waals surface area contributed by atoms with Gasteiger partial charge in [-0.3, -0.25) is 4.68 Å². The first kappa shape index (κ1) is 11.2. The lowest BCUT2D eigenvalue weighted by atomic mass is 10.3. The first-order valence-corrected chi connectivity index (χ1v) is 5.12. The van der Waals surface area contributed by atoms with Crippen LogP contribution in [0.25, 0.3) is 0 Å². The smallest absolute Gasteiger partial charge is 0.0597 e. The third-order valence-electron chi connectivity index (χ3n) is 2.02. The van der Waals surface area contributed by atoms with Crippen LogP contribution in [0.1, 0.15) is 24.7 Å². The molecule has 0 unspecified atom stereocenters. The molecule has 0 saturated heterocycles. The molecule has 0 aliphatic heterocycles. The van der Waals surface area contributed by atoms with Gasteiger partial charge in [-0.15, -0.1) is 0 Å². The Morgan fingerprint density at radius 1 is 1.57 bits per heavy atom. The Balaban J connectivity index is 2.54. The summed E-state index contributed by atoms with van der Waals surface area (Å²) in [7, 11) is 0. The van der Waals surface area contributed by atoms with Gasteiger partial charge in [-0.2, -0.15) is 5.10 Å². The number of rotatable bonds is 6. The average Bonchev–Trinajstić information content (AvgIpc) is 2.48. The molecule has 0 bridgehead atoms. The second-order valence-electron chi connectivity index (χ2n) is 3.40. The molecule has 0 fully saturated rings. The van der Waals surface area contributed by atoms with E-state index >= 15 is 0 Å². The number of aliphatic hydroxyl groups is 1. The van der Waals surface area contributed by atoms with E-state index in [-0.39, 0.29) is 6.61 Å². The van der Waals surface area contributed by atoms with Crippen molar-refractivity contribution in [3.63, 3.8) is 0 Å². The Morgan fingerprint density at radius 2 is 2.36 bits per heavy atom. The summed E-state index contributed by atoms with van der Waals surface area (Å²) in [5.74, 6) is 0. The van der Waals surface area contributed by atoms with Gasteiger partial charge in [0.2, 0.25) is 0 Å². The molecule has 1 heterocycles. The normalized spacial score (nSPS) is 10.8. The number of hydrogen-bond acceptors (Lipinski definition) is 3. The average molecular weight is 197 g/mol. The molecule has 2 N–H and O–H groups in total. The third-order valence-corrected chi connectivity index (χ3v) is 2.02. The summed E-state index contributed by atoms with van der Waals surface area (Å²) in [6.45, 7) is 6.70. The second-order valence-corrected chi connectivity index (χ2v) is 3.40. The zero-order valence-corrected chi connectivity index (χ0v) is 8.95. The fourth-order valence-corrected chi connectivity index (χ4v) is 1.44. The fourth-order valence-electron chi connectivity index (χ4n) is 1.44. The standard InChI is InChI=1S/C10H19N3O/c1-3-5-13-10(7-9(2)12-13)8-11-4-6-14/h7,11,14H,3-6,8H2,1-2H3. The molecule has 0 aliphatic carbocycles. The number of aliphatic hydroxyl groups excluding tert-OH is 1. The molecule has 1 aromatic rings. The van der Waals surface area contributed by atoms with Gasteiger partial charge in [-0.05, 0) is 19.4 Å².